The van der Waals surface area contributed by atoms with Crippen molar-refractivity contribution in [2.24, 2.45) is 0 Å². The minimum absolute atomic E-state index is 0.216. The van der Waals surface area contributed by atoms with Crippen molar-refractivity contribution in [2.75, 3.05) is 26.0 Å². The molecular formula is C22H26N4O5. The van der Waals surface area contributed by atoms with Gasteiger partial charge in [0.15, 0.2) is 0 Å². The van der Waals surface area contributed by atoms with Crippen molar-refractivity contribution in [1.29, 1.82) is 5.26 Å². The van der Waals surface area contributed by atoms with E-state index in [0.717, 1.165) is 39.3 Å². The normalized spacial score (nSPS) is 12.0. The molecule has 0 fully saturated rings. The average Bonchev–Trinajstić information content (AvgIpc) is 2.75. The molecule has 0 aliphatic carbocycles. The van der Waals surface area contributed by atoms with Gasteiger partial charge in [0.1, 0.15) is 23.2 Å². The van der Waals surface area contributed by atoms with Crippen LogP contribution in [0.5, 0.6) is 5.75 Å². The Bertz CT molecular complexity index is 1030. The van der Waals surface area contributed by atoms with E-state index >= 15 is 0 Å². The van der Waals surface area contributed by atoms with E-state index in [0.29, 0.717) is 31.7 Å². The number of rotatable bonds is 3. The number of fused-ring (bicyclic) bond motifs is 1. The molecule has 3 N–H and O–H groups in total. The van der Waals surface area contributed by atoms with Crippen LogP contribution in [-0.4, -0.2) is 47.8 Å². The van der Waals surface area contributed by atoms with Gasteiger partial charge in [0.2, 0.25) is 0 Å². The molecule has 0 saturated carbocycles. The van der Waals surface area contributed by atoms with Crippen LogP contribution in [0.1, 0.15) is 34.9 Å². The first-order valence-corrected chi connectivity index (χ1v) is 9.69. The van der Waals surface area contributed by atoms with Gasteiger partial charge in [0, 0.05) is 24.1 Å². The molecular weight excluding hydrogens is 400 g/mol. The number of benzene rings is 1. The number of aromatic nitrogens is 1. The van der Waals surface area contributed by atoms with Crippen molar-refractivity contribution >= 4 is 18.4 Å². The summed E-state index contributed by atoms with van der Waals surface area (Å²) in [7, 11) is 1.63. The summed E-state index contributed by atoms with van der Waals surface area (Å²) >= 11 is 0. The maximum atomic E-state index is 12.3. The molecule has 0 atom stereocenters. The minimum atomic E-state index is -0.364. The number of hydrogen-bond acceptors (Lipinski definition) is 7. The van der Waals surface area contributed by atoms with Gasteiger partial charge < -0.3 is 25.2 Å². The number of nitrogens with two attached hydrogens (primary N) is 1. The topological polar surface area (TPSA) is 139 Å². The largest absolute Gasteiger partial charge is 0.496 e. The molecule has 1 aromatic heterocycles. The molecule has 1 amide bonds. The number of amides is 1. The maximum absolute atomic E-state index is 12.3. The number of hydrogen-bond donors (Lipinski definition) is 2. The van der Waals surface area contributed by atoms with E-state index < -0.39 is 0 Å². The predicted molar refractivity (Wildman–Crippen MR) is 115 cm³/mol. The number of anilines is 1. The number of carbonyl (C=O) groups is 2. The first-order chi connectivity index (χ1) is 14.8. The van der Waals surface area contributed by atoms with Crippen LogP contribution in [0.15, 0.2) is 12.1 Å². The highest BCUT2D eigenvalue weighted by Gasteiger charge is 2.29. The number of pyridine rings is 1. The Kier molecular flexibility index (Phi) is 7.80. The molecule has 164 valence electrons. The maximum Gasteiger partial charge on any atom is 0.410 e. The molecule has 0 bridgehead atoms. The summed E-state index contributed by atoms with van der Waals surface area (Å²) in [6.07, 6.45) is 0.197. The van der Waals surface area contributed by atoms with Crippen LogP contribution < -0.4 is 10.5 Å². The summed E-state index contributed by atoms with van der Waals surface area (Å²) in [5, 5.41) is 16.7. The van der Waals surface area contributed by atoms with E-state index in [1.54, 1.807) is 18.9 Å². The second kappa shape index (κ2) is 10.3. The van der Waals surface area contributed by atoms with Crippen LogP contribution in [-0.2, 0) is 22.5 Å². The van der Waals surface area contributed by atoms with Gasteiger partial charge in [-0.05, 0) is 43.5 Å². The number of methoxy groups -OCH3 is 1. The lowest BCUT2D eigenvalue weighted by Crippen LogP contribution is -2.37. The monoisotopic (exact) mass is 426 g/mol. The average molecular weight is 426 g/mol. The first kappa shape index (κ1) is 23.5. The zero-order valence-electron chi connectivity index (χ0n) is 18.1. The third kappa shape index (κ3) is 4.69. The third-order valence-corrected chi connectivity index (χ3v) is 5.24. The summed E-state index contributed by atoms with van der Waals surface area (Å²) < 4.78 is 10.6. The summed E-state index contributed by atoms with van der Waals surface area (Å²) in [4.78, 5) is 26.7. The molecule has 2 aromatic rings. The van der Waals surface area contributed by atoms with E-state index in [4.69, 9.17) is 25.1 Å². The second-order valence-corrected chi connectivity index (χ2v) is 6.83. The highest BCUT2D eigenvalue weighted by molar-refractivity contribution is 5.83. The number of nitriles is 1. The van der Waals surface area contributed by atoms with Gasteiger partial charge in [-0.2, -0.15) is 5.26 Å². The smallest absolute Gasteiger partial charge is 0.410 e. The summed E-state index contributed by atoms with van der Waals surface area (Å²) in [6.45, 7) is 6.64. The summed E-state index contributed by atoms with van der Waals surface area (Å²) in [5.41, 5.74) is 11.7. The molecule has 1 aliphatic heterocycles. The van der Waals surface area contributed by atoms with E-state index in [1.807, 2.05) is 26.0 Å². The predicted octanol–water partition coefficient (Wildman–Crippen LogP) is 3.04. The first-order valence-electron chi connectivity index (χ1n) is 9.69. The lowest BCUT2D eigenvalue weighted by Gasteiger charge is -2.30. The lowest BCUT2D eigenvalue weighted by molar-refractivity contribution is -0.122. The highest BCUT2D eigenvalue weighted by Crippen LogP contribution is 2.39. The number of nitrogens with zero attached hydrogens (tertiary/aromatic N) is 3. The van der Waals surface area contributed by atoms with Crippen molar-refractivity contribution in [3.8, 4) is 22.9 Å². The number of carboxylic acid groups (broad SMARTS) is 1. The summed E-state index contributed by atoms with van der Waals surface area (Å²) in [6, 6.07) is 6.02. The van der Waals surface area contributed by atoms with Gasteiger partial charge in [-0.3, -0.25) is 4.79 Å². The lowest BCUT2D eigenvalue weighted by atomic mass is 9.87. The van der Waals surface area contributed by atoms with Gasteiger partial charge >= 0.3 is 6.09 Å². The highest BCUT2D eigenvalue weighted by atomic mass is 16.6. The van der Waals surface area contributed by atoms with E-state index in [-0.39, 0.29) is 18.4 Å². The van der Waals surface area contributed by atoms with Gasteiger partial charge in [-0.15, -0.1) is 0 Å². The van der Waals surface area contributed by atoms with Crippen LogP contribution in [0.25, 0.3) is 11.1 Å². The SMILES string of the molecule is CCOC(=O)N1CCc2nc(N)c(C#N)c(-c3ccc(OC)c(C)c3C)c2C1.O=CO. The van der Waals surface area contributed by atoms with Crippen LogP contribution in [0.2, 0.25) is 0 Å². The molecule has 2 heterocycles. The quantitative estimate of drug-likeness (QED) is 0.714. The van der Waals surface area contributed by atoms with Crippen molar-refractivity contribution in [1.82, 2.24) is 9.88 Å². The molecule has 1 aromatic carbocycles. The van der Waals surface area contributed by atoms with Crippen molar-refractivity contribution in [3.05, 3.63) is 40.1 Å². The molecule has 3 rings (SSSR count). The van der Waals surface area contributed by atoms with Crippen molar-refractivity contribution in [3.63, 3.8) is 0 Å². The Balaban J connectivity index is 0.00000107. The van der Waals surface area contributed by atoms with Gasteiger partial charge in [0.05, 0.1) is 26.0 Å². The van der Waals surface area contributed by atoms with Gasteiger partial charge in [-0.1, -0.05) is 6.07 Å². The second-order valence-electron chi connectivity index (χ2n) is 6.83. The number of nitrogen functional groups attached to an aromatic ring is 1. The van der Waals surface area contributed by atoms with E-state index in [1.165, 1.54) is 0 Å². The minimum Gasteiger partial charge on any atom is -0.496 e. The zero-order chi connectivity index (χ0) is 23.1. The molecule has 31 heavy (non-hydrogen) atoms. The number of ether oxygens (including phenoxy) is 2. The Hall–Kier alpha value is -3.80. The van der Waals surface area contributed by atoms with Crippen molar-refractivity contribution in [2.45, 2.75) is 33.7 Å². The van der Waals surface area contributed by atoms with Crippen molar-refractivity contribution < 1.29 is 24.2 Å². The Morgan fingerprint density at radius 3 is 2.65 bits per heavy atom. The van der Waals surface area contributed by atoms with Crippen LogP contribution in [0.4, 0.5) is 10.6 Å². The molecule has 9 heteroatoms. The molecule has 0 spiro atoms. The van der Waals surface area contributed by atoms with E-state index in [9.17, 15) is 10.1 Å². The van der Waals surface area contributed by atoms with E-state index in [2.05, 4.69) is 11.1 Å². The molecule has 0 saturated heterocycles. The summed E-state index contributed by atoms with van der Waals surface area (Å²) in [5.74, 6) is 0.998. The fourth-order valence-corrected chi connectivity index (χ4v) is 3.65. The van der Waals surface area contributed by atoms with Crippen LogP contribution >= 0.6 is 0 Å². The van der Waals surface area contributed by atoms with Gasteiger partial charge in [0.25, 0.3) is 6.47 Å². The molecule has 0 unspecified atom stereocenters. The molecule has 1 aliphatic rings. The van der Waals surface area contributed by atoms with Gasteiger partial charge in [-0.25, -0.2) is 9.78 Å². The van der Waals surface area contributed by atoms with Crippen LogP contribution in [0, 0.1) is 25.2 Å². The van der Waals surface area contributed by atoms with Crippen LogP contribution in [0.3, 0.4) is 0 Å². The Morgan fingerprint density at radius 2 is 2.06 bits per heavy atom. The molecule has 0 radical (unpaired) electrons. The standard InChI is InChI=1S/C21H24N4O3.CH2O2/c1-5-28-21(26)25-9-8-17-16(11-25)19(15(10-22)20(23)24-17)14-6-7-18(27-4)13(3)12(14)2;2-1-3/h6-7H,5,8-9,11H2,1-4H3,(H2,23,24);1H,(H,2,3). The molecule has 9 nitrogen and oxygen atoms in total. The Morgan fingerprint density at radius 1 is 1.39 bits per heavy atom. The fourth-order valence-electron chi connectivity index (χ4n) is 3.65. The Labute approximate surface area is 181 Å². The zero-order valence-corrected chi connectivity index (χ0v) is 18.1. The number of carbonyl (C=O) groups excluding carboxylic acids is 1. The third-order valence-electron chi connectivity index (χ3n) is 5.24. The fraction of sp³-hybridized carbons (Fsp3) is 0.364.